The summed E-state index contributed by atoms with van der Waals surface area (Å²) in [4.78, 5) is 12.6. The van der Waals surface area contributed by atoms with Crippen molar-refractivity contribution in [2.75, 3.05) is 11.1 Å². The summed E-state index contributed by atoms with van der Waals surface area (Å²) in [5.74, 6) is 2.01. The molecule has 3 aromatic rings. The van der Waals surface area contributed by atoms with Crippen LogP contribution in [0.2, 0.25) is 0 Å². The van der Waals surface area contributed by atoms with Gasteiger partial charge in [-0.25, -0.2) is 0 Å². The lowest BCUT2D eigenvalue weighted by atomic mass is 10.4. The van der Waals surface area contributed by atoms with E-state index in [1.807, 2.05) is 13.8 Å². The predicted octanol–water partition coefficient (Wildman–Crippen LogP) is 1.18. The maximum absolute atomic E-state index is 5.84. The molecule has 3 heterocycles. The molecule has 3 N–H and O–H groups in total. The van der Waals surface area contributed by atoms with Gasteiger partial charge in [-0.3, -0.25) is 0 Å². The third kappa shape index (κ3) is 2.07. The van der Waals surface area contributed by atoms with Crippen molar-refractivity contribution in [2.24, 2.45) is 0 Å². The van der Waals surface area contributed by atoms with Gasteiger partial charge in [-0.1, -0.05) is 0 Å². The first-order valence-corrected chi connectivity index (χ1v) is 5.84. The molecule has 3 aromatic heterocycles. The van der Waals surface area contributed by atoms with E-state index in [4.69, 9.17) is 10.2 Å². The zero-order valence-electron chi connectivity index (χ0n) is 10.5. The average Bonchev–Trinajstić information content (AvgIpc) is 2.95. The van der Waals surface area contributed by atoms with Crippen molar-refractivity contribution in [1.29, 1.82) is 0 Å². The van der Waals surface area contributed by atoms with Crippen molar-refractivity contribution < 1.29 is 4.42 Å². The summed E-state index contributed by atoms with van der Waals surface area (Å²) in [5, 5.41) is 7.28. The molecular formula is C11H13N7O. The second-order valence-corrected chi connectivity index (χ2v) is 4.33. The molecule has 0 aliphatic rings. The molecule has 0 saturated carbocycles. The SMILES string of the molecule is CC(C)Nc1nc(N)n2nc(-c3ccco3)nc2n1. The molecule has 8 heteroatoms. The molecule has 0 bridgehead atoms. The van der Waals surface area contributed by atoms with Gasteiger partial charge in [0.15, 0.2) is 5.76 Å². The quantitative estimate of drug-likeness (QED) is 0.727. The van der Waals surface area contributed by atoms with Gasteiger partial charge < -0.3 is 15.5 Å². The summed E-state index contributed by atoms with van der Waals surface area (Å²) in [6.07, 6.45) is 1.56. The first-order chi connectivity index (χ1) is 9.13. The van der Waals surface area contributed by atoms with Crippen LogP contribution < -0.4 is 11.1 Å². The van der Waals surface area contributed by atoms with Crippen LogP contribution in [0.3, 0.4) is 0 Å². The molecule has 0 unspecified atom stereocenters. The lowest BCUT2D eigenvalue weighted by molar-refractivity contribution is 0.577. The smallest absolute Gasteiger partial charge is 0.259 e. The van der Waals surface area contributed by atoms with Crippen LogP contribution in [0.25, 0.3) is 17.4 Å². The van der Waals surface area contributed by atoms with Crippen molar-refractivity contribution in [2.45, 2.75) is 19.9 Å². The second kappa shape index (κ2) is 4.23. The van der Waals surface area contributed by atoms with Crippen LogP contribution in [-0.2, 0) is 0 Å². The lowest BCUT2D eigenvalue weighted by Gasteiger charge is -2.07. The molecule has 19 heavy (non-hydrogen) atoms. The highest BCUT2D eigenvalue weighted by Gasteiger charge is 2.13. The van der Waals surface area contributed by atoms with Crippen LogP contribution in [0.1, 0.15) is 13.8 Å². The normalized spacial score (nSPS) is 11.3. The Morgan fingerprint density at radius 2 is 2.16 bits per heavy atom. The van der Waals surface area contributed by atoms with Gasteiger partial charge in [-0.05, 0) is 26.0 Å². The zero-order valence-corrected chi connectivity index (χ0v) is 10.5. The molecule has 0 fully saturated rings. The fourth-order valence-electron chi connectivity index (χ4n) is 1.64. The Morgan fingerprint density at radius 1 is 1.32 bits per heavy atom. The zero-order chi connectivity index (χ0) is 13.4. The van der Waals surface area contributed by atoms with Crippen LogP contribution in [-0.4, -0.2) is 30.6 Å². The first kappa shape index (κ1) is 11.5. The molecule has 0 amide bonds. The Bertz CT molecular complexity index is 701. The van der Waals surface area contributed by atoms with Crippen molar-refractivity contribution in [3.8, 4) is 11.6 Å². The highest BCUT2D eigenvalue weighted by atomic mass is 16.3. The van der Waals surface area contributed by atoms with E-state index in [0.29, 0.717) is 23.3 Å². The number of nitrogens with one attached hydrogen (secondary N) is 1. The molecule has 98 valence electrons. The van der Waals surface area contributed by atoms with Gasteiger partial charge >= 0.3 is 0 Å². The Kier molecular flexibility index (Phi) is 2.55. The molecular weight excluding hydrogens is 246 g/mol. The second-order valence-electron chi connectivity index (χ2n) is 4.33. The number of hydrogen-bond acceptors (Lipinski definition) is 7. The van der Waals surface area contributed by atoms with Crippen molar-refractivity contribution in [3.05, 3.63) is 18.4 Å². The maximum Gasteiger partial charge on any atom is 0.259 e. The maximum atomic E-state index is 5.84. The van der Waals surface area contributed by atoms with Crippen LogP contribution in [0.4, 0.5) is 11.9 Å². The number of anilines is 2. The number of fused-ring (bicyclic) bond motifs is 1. The number of rotatable bonds is 3. The predicted molar refractivity (Wildman–Crippen MR) is 69.5 cm³/mol. The van der Waals surface area contributed by atoms with Gasteiger partial charge in [0.2, 0.25) is 17.7 Å². The monoisotopic (exact) mass is 259 g/mol. The first-order valence-electron chi connectivity index (χ1n) is 5.84. The minimum absolute atomic E-state index is 0.203. The fourth-order valence-corrected chi connectivity index (χ4v) is 1.64. The average molecular weight is 259 g/mol. The summed E-state index contributed by atoms with van der Waals surface area (Å²) < 4.78 is 6.62. The molecule has 0 aromatic carbocycles. The van der Waals surface area contributed by atoms with Crippen molar-refractivity contribution in [3.63, 3.8) is 0 Å². The van der Waals surface area contributed by atoms with Gasteiger partial charge in [0.05, 0.1) is 6.26 Å². The van der Waals surface area contributed by atoms with Crippen molar-refractivity contribution >= 4 is 17.7 Å². The van der Waals surface area contributed by atoms with E-state index in [1.54, 1.807) is 18.4 Å². The van der Waals surface area contributed by atoms with E-state index in [-0.39, 0.29) is 12.0 Å². The fraction of sp³-hybridized carbons (Fsp3) is 0.273. The Labute approximate surface area is 108 Å². The van der Waals surface area contributed by atoms with E-state index in [9.17, 15) is 0 Å². The number of hydrogen-bond donors (Lipinski definition) is 2. The van der Waals surface area contributed by atoms with Gasteiger partial charge in [0.25, 0.3) is 5.78 Å². The van der Waals surface area contributed by atoms with E-state index in [0.717, 1.165) is 0 Å². The van der Waals surface area contributed by atoms with Gasteiger partial charge in [-0.15, -0.1) is 5.10 Å². The van der Waals surface area contributed by atoms with E-state index < -0.39 is 0 Å². The van der Waals surface area contributed by atoms with Gasteiger partial charge in [0.1, 0.15) is 0 Å². The van der Waals surface area contributed by atoms with E-state index in [2.05, 4.69) is 25.4 Å². The summed E-state index contributed by atoms with van der Waals surface area (Å²) in [6, 6.07) is 3.74. The third-order valence-electron chi connectivity index (χ3n) is 2.39. The minimum atomic E-state index is 0.203. The van der Waals surface area contributed by atoms with Crippen molar-refractivity contribution in [1.82, 2.24) is 24.6 Å². The summed E-state index contributed by atoms with van der Waals surface area (Å²) in [7, 11) is 0. The molecule has 3 rings (SSSR count). The summed E-state index contributed by atoms with van der Waals surface area (Å²) in [6.45, 7) is 3.98. The number of furan rings is 1. The molecule has 0 aliphatic carbocycles. The van der Waals surface area contributed by atoms with E-state index in [1.165, 1.54) is 4.52 Å². The van der Waals surface area contributed by atoms with Gasteiger partial charge in [0, 0.05) is 6.04 Å². The lowest BCUT2D eigenvalue weighted by Crippen LogP contribution is -2.15. The molecule has 0 radical (unpaired) electrons. The minimum Gasteiger partial charge on any atom is -0.461 e. The standard InChI is InChI=1S/C11H13N7O/c1-6(2)13-10-15-9(12)18-11(16-10)14-8(17-18)7-4-3-5-19-7/h3-6H,1-2H3,(H3,12,13,14,15,16,17). The molecule has 0 atom stereocenters. The number of nitrogens with zero attached hydrogens (tertiary/aromatic N) is 5. The number of nitrogen functional groups attached to an aromatic ring is 1. The van der Waals surface area contributed by atoms with Crippen LogP contribution in [0.15, 0.2) is 22.8 Å². The molecule has 8 nitrogen and oxygen atoms in total. The Balaban J connectivity index is 2.09. The topological polar surface area (TPSA) is 107 Å². The Hall–Kier alpha value is -2.64. The molecule has 0 aliphatic heterocycles. The Morgan fingerprint density at radius 3 is 2.84 bits per heavy atom. The molecule has 0 saturated heterocycles. The summed E-state index contributed by atoms with van der Waals surface area (Å²) in [5.41, 5.74) is 5.84. The van der Waals surface area contributed by atoms with E-state index >= 15 is 0 Å². The largest absolute Gasteiger partial charge is 0.461 e. The van der Waals surface area contributed by atoms with Crippen LogP contribution in [0.5, 0.6) is 0 Å². The number of nitrogens with two attached hydrogens (primary N) is 1. The van der Waals surface area contributed by atoms with Gasteiger partial charge in [-0.2, -0.15) is 19.5 Å². The highest BCUT2D eigenvalue weighted by Crippen LogP contribution is 2.17. The summed E-state index contributed by atoms with van der Waals surface area (Å²) >= 11 is 0. The highest BCUT2D eigenvalue weighted by molar-refractivity contribution is 5.52. The molecule has 0 spiro atoms. The number of aromatic nitrogens is 5. The van der Waals surface area contributed by atoms with Crippen LogP contribution in [0, 0.1) is 0 Å². The van der Waals surface area contributed by atoms with Crippen LogP contribution >= 0.6 is 0 Å². The third-order valence-corrected chi connectivity index (χ3v) is 2.39.